The lowest BCUT2D eigenvalue weighted by Gasteiger charge is -2.15. The average Bonchev–Trinajstić information content (AvgIpc) is 2.79. The predicted octanol–water partition coefficient (Wildman–Crippen LogP) is 0.683. The number of H-pyrrole nitrogens is 1. The fraction of sp³-hybridized carbons (Fsp3) is 0.500. The number of aryl methyl sites for hydroxylation is 1. The molecule has 0 bridgehead atoms. The highest BCUT2D eigenvalue weighted by molar-refractivity contribution is 5.01. The molecule has 1 fully saturated rings. The molecule has 0 aromatic carbocycles. The number of aromatic nitrogens is 2. The summed E-state index contributed by atoms with van der Waals surface area (Å²) in [6.45, 7) is 5.54. The summed E-state index contributed by atoms with van der Waals surface area (Å²) < 4.78 is 12.2. The molecule has 1 aromatic heterocycles. The SMILES string of the molecule is C=COC[C@@H]1CC[C@H](n2cc(C)c(=O)[nH]c2=O)O1. The van der Waals surface area contributed by atoms with E-state index in [2.05, 4.69) is 11.6 Å². The van der Waals surface area contributed by atoms with Crippen molar-refractivity contribution >= 4 is 0 Å². The second kappa shape index (κ2) is 5.22. The van der Waals surface area contributed by atoms with E-state index in [0.717, 1.165) is 12.8 Å². The number of nitrogens with one attached hydrogen (secondary N) is 1. The van der Waals surface area contributed by atoms with E-state index in [1.165, 1.54) is 17.0 Å². The summed E-state index contributed by atoms with van der Waals surface area (Å²) in [7, 11) is 0. The van der Waals surface area contributed by atoms with Gasteiger partial charge in [0.2, 0.25) is 0 Å². The Labute approximate surface area is 104 Å². The minimum atomic E-state index is -0.444. The van der Waals surface area contributed by atoms with E-state index in [1.54, 1.807) is 6.92 Å². The van der Waals surface area contributed by atoms with Crippen LogP contribution in [0, 0.1) is 6.92 Å². The number of hydrogen-bond acceptors (Lipinski definition) is 4. The van der Waals surface area contributed by atoms with Crippen molar-refractivity contribution in [2.24, 2.45) is 0 Å². The molecular formula is C12H16N2O4. The first kappa shape index (κ1) is 12.6. The van der Waals surface area contributed by atoms with Gasteiger partial charge in [-0.15, -0.1) is 0 Å². The van der Waals surface area contributed by atoms with E-state index in [1.807, 2.05) is 0 Å². The molecule has 2 rings (SSSR count). The maximum atomic E-state index is 11.7. The Morgan fingerprint density at radius 2 is 2.39 bits per heavy atom. The smallest absolute Gasteiger partial charge is 0.330 e. The van der Waals surface area contributed by atoms with Crippen molar-refractivity contribution in [3.8, 4) is 0 Å². The highest BCUT2D eigenvalue weighted by Crippen LogP contribution is 2.27. The molecule has 6 heteroatoms. The molecule has 0 amide bonds. The highest BCUT2D eigenvalue weighted by atomic mass is 16.5. The van der Waals surface area contributed by atoms with E-state index < -0.39 is 5.69 Å². The summed E-state index contributed by atoms with van der Waals surface area (Å²) >= 11 is 0. The zero-order valence-corrected chi connectivity index (χ0v) is 10.2. The van der Waals surface area contributed by atoms with Gasteiger partial charge in [0.1, 0.15) is 12.8 Å². The topological polar surface area (TPSA) is 73.3 Å². The van der Waals surface area contributed by atoms with Crippen LogP contribution in [0.25, 0.3) is 0 Å². The summed E-state index contributed by atoms with van der Waals surface area (Å²) in [4.78, 5) is 25.2. The fourth-order valence-electron chi connectivity index (χ4n) is 1.99. The van der Waals surface area contributed by atoms with Gasteiger partial charge in [0.15, 0.2) is 0 Å². The zero-order chi connectivity index (χ0) is 13.1. The molecule has 6 nitrogen and oxygen atoms in total. The van der Waals surface area contributed by atoms with Crippen LogP contribution >= 0.6 is 0 Å². The predicted molar refractivity (Wildman–Crippen MR) is 65.4 cm³/mol. The maximum Gasteiger partial charge on any atom is 0.330 e. The Morgan fingerprint density at radius 3 is 3.11 bits per heavy atom. The first-order valence-electron chi connectivity index (χ1n) is 5.82. The van der Waals surface area contributed by atoms with Crippen LogP contribution < -0.4 is 11.2 Å². The van der Waals surface area contributed by atoms with E-state index >= 15 is 0 Å². The summed E-state index contributed by atoms with van der Waals surface area (Å²) in [5, 5.41) is 0. The van der Waals surface area contributed by atoms with Crippen LogP contribution in [0.1, 0.15) is 24.6 Å². The minimum Gasteiger partial charge on any atom is -0.499 e. The molecule has 0 radical (unpaired) electrons. The van der Waals surface area contributed by atoms with Crippen LogP contribution in [0.4, 0.5) is 0 Å². The first-order valence-corrected chi connectivity index (χ1v) is 5.82. The molecule has 1 aromatic rings. The largest absolute Gasteiger partial charge is 0.499 e. The lowest BCUT2D eigenvalue weighted by Crippen LogP contribution is -2.33. The van der Waals surface area contributed by atoms with Crippen molar-refractivity contribution in [2.45, 2.75) is 32.1 Å². The number of aromatic amines is 1. The molecule has 0 unspecified atom stereocenters. The number of rotatable bonds is 4. The quantitative estimate of drug-likeness (QED) is 0.800. The third kappa shape index (κ3) is 2.53. The second-order valence-electron chi connectivity index (χ2n) is 4.27. The van der Waals surface area contributed by atoms with Crippen molar-refractivity contribution in [3.05, 3.63) is 45.4 Å². The molecule has 0 spiro atoms. The second-order valence-corrected chi connectivity index (χ2v) is 4.27. The maximum absolute atomic E-state index is 11.7. The number of ether oxygens (including phenoxy) is 2. The number of hydrogen-bond donors (Lipinski definition) is 1. The van der Waals surface area contributed by atoms with Gasteiger partial charge in [-0.05, 0) is 19.8 Å². The van der Waals surface area contributed by atoms with Gasteiger partial charge in [-0.3, -0.25) is 14.3 Å². The van der Waals surface area contributed by atoms with Gasteiger partial charge in [0.05, 0.1) is 12.4 Å². The average molecular weight is 252 g/mol. The van der Waals surface area contributed by atoms with Crippen molar-refractivity contribution in [1.29, 1.82) is 0 Å². The van der Waals surface area contributed by atoms with Gasteiger partial charge in [-0.2, -0.15) is 0 Å². The Hall–Kier alpha value is -1.82. The summed E-state index contributed by atoms with van der Waals surface area (Å²) in [5.74, 6) is 0. The van der Waals surface area contributed by atoms with Crippen LogP contribution in [0.5, 0.6) is 0 Å². The third-order valence-electron chi connectivity index (χ3n) is 2.94. The van der Waals surface area contributed by atoms with Crippen molar-refractivity contribution < 1.29 is 9.47 Å². The molecule has 1 aliphatic rings. The van der Waals surface area contributed by atoms with Gasteiger partial charge in [-0.1, -0.05) is 6.58 Å². The molecule has 1 N–H and O–H groups in total. The molecule has 1 saturated heterocycles. The molecule has 2 atom stereocenters. The Balaban J connectivity index is 2.14. The van der Waals surface area contributed by atoms with E-state index in [4.69, 9.17) is 9.47 Å². The van der Waals surface area contributed by atoms with Gasteiger partial charge in [0, 0.05) is 11.8 Å². The fourth-order valence-corrected chi connectivity index (χ4v) is 1.99. The molecule has 0 saturated carbocycles. The zero-order valence-electron chi connectivity index (χ0n) is 10.2. The van der Waals surface area contributed by atoms with Crippen LogP contribution in [0.2, 0.25) is 0 Å². The van der Waals surface area contributed by atoms with Crippen molar-refractivity contribution in [3.63, 3.8) is 0 Å². The first-order chi connectivity index (χ1) is 8.61. The van der Waals surface area contributed by atoms with Crippen LogP contribution in [0.3, 0.4) is 0 Å². The minimum absolute atomic E-state index is 0.0489. The lowest BCUT2D eigenvalue weighted by molar-refractivity contribution is -0.0273. The lowest BCUT2D eigenvalue weighted by atomic mass is 10.2. The number of nitrogens with zero attached hydrogens (tertiary/aromatic N) is 1. The van der Waals surface area contributed by atoms with Gasteiger partial charge in [0.25, 0.3) is 5.56 Å². The highest BCUT2D eigenvalue weighted by Gasteiger charge is 2.27. The Kier molecular flexibility index (Phi) is 3.66. The normalized spacial score (nSPS) is 22.9. The standard InChI is InChI=1S/C12H16N2O4/c1-3-17-7-9-4-5-10(18-9)14-6-8(2)11(15)13-12(14)16/h3,6,9-10H,1,4-5,7H2,2H3,(H,13,15,16)/t9-,10+/m0/s1. The van der Waals surface area contributed by atoms with Crippen molar-refractivity contribution in [2.75, 3.05) is 6.61 Å². The van der Waals surface area contributed by atoms with E-state index in [9.17, 15) is 9.59 Å². The molecule has 18 heavy (non-hydrogen) atoms. The summed E-state index contributed by atoms with van der Waals surface area (Å²) in [6, 6.07) is 0. The summed E-state index contributed by atoms with van der Waals surface area (Å²) in [6.07, 6.45) is 4.04. The Bertz CT molecular complexity index is 546. The monoisotopic (exact) mass is 252 g/mol. The van der Waals surface area contributed by atoms with Gasteiger partial charge in [-0.25, -0.2) is 4.79 Å². The molecule has 2 heterocycles. The van der Waals surface area contributed by atoms with E-state index in [0.29, 0.717) is 12.2 Å². The Morgan fingerprint density at radius 1 is 1.61 bits per heavy atom. The van der Waals surface area contributed by atoms with Crippen molar-refractivity contribution in [1.82, 2.24) is 9.55 Å². The van der Waals surface area contributed by atoms with Crippen LogP contribution in [-0.4, -0.2) is 22.3 Å². The molecule has 1 aliphatic heterocycles. The third-order valence-corrected chi connectivity index (χ3v) is 2.94. The van der Waals surface area contributed by atoms with Gasteiger partial charge >= 0.3 is 5.69 Å². The molecular weight excluding hydrogens is 236 g/mol. The summed E-state index contributed by atoms with van der Waals surface area (Å²) in [5.41, 5.74) is -0.314. The van der Waals surface area contributed by atoms with Gasteiger partial charge < -0.3 is 9.47 Å². The van der Waals surface area contributed by atoms with Crippen LogP contribution in [0.15, 0.2) is 28.6 Å². The van der Waals surface area contributed by atoms with Crippen LogP contribution in [-0.2, 0) is 9.47 Å². The van der Waals surface area contributed by atoms with E-state index in [-0.39, 0.29) is 17.9 Å². The molecule has 0 aliphatic carbocycles. The molecule has 98 valence electrons.